The van der Waals surface area contributed by atoms with Crippen molar-refractivity contribution in [3.63, 3.8) is 0 Å². The maximum absolute atomic E-state index is 8.69. The molecule has 0 bridgehead atoms. The normalized spacial score (nSPS) is 9.77. The number of aromatic nitrogens is 1. The van der Waals surface area contributed by atoms with E-state index in [0.29, 0.717) is 17.4 Å². The fourth-order valence-corrected chi connectivity index (χ4v) is 1.02. The molecule has 3 heteroatoms. The molecule has 0 spiro atoms. The first-order valence-corrected chi connectivity index (χ1v) is 4.13. The zero-order valence-electron chi connectivity index (χ0n) is 8.03. The Morgan fingerprint density at radius 1 is 1.54 bits per heavy atom. The molecule has 0 saturated heterocycles. The lowest BCUT2D eigenvalue weighted by Crippen LogP contribution is -1.95. The Balaban J connectivity index is 3.15. The van der Waals surface area contributed by atoms with Crippen molar-refractivity contribution in [2.24, 2.45) is 0 Å². The van der Waals surface area contributed by atoms with Crippen LogP contribution >= 0.6 is 0 Å². The topological polar surface area (TPSA) is 45.9 Å². The van der Waals surface area contributed by atoms with Gasteiger partial charge in [0.15, 0.2) is 11.4 Å². The summed E-state index contributed by atoms with van der Waals surface area (Å²) in [4.78, 5) is 4.00. The molecule has 0 unspecified atom stereocenters. The molecule has 0 aliphatic rings. The lowest BCUT2D eigenvalue weighted by Gasteiger charge is -2.07. The van der Waals surface area contributed by atoms with Gasteiger partial charge in [-0.3, -0.25) is 0 Å². The van der Waals surface area contributed by atoms with Crippen LogP contribution in [0.2, 0.25) is 0 Å². The van der Waals surface area contributed by atoms with E-state index >= 15 is 0 Å². The van der Waals surface area contributed by atoms with Gasteiger partial charge in [-0.25, -0.2) is 4.98 Å². The smallest absolute Gasteiger partial charge is 0.182 e. The zero-order chi connectivity index (χ0) is 9.84. The highest BCUT2D eigenvalue weighted by atomic mass is 16.5. The van der Waals surface area contributed by atoms with Gasteiger partial charge in [-0.1, -0.05) is 13.8 Å². The molecule has 1 aromatic heterocycles. The van der Waals surface area contributed by atoms with Gasteiger partial charge in [-0.05, 0) is 17.5 Å². The Hall–Kier alpha value is -1.56. The van der Waals surface area contributed by atoms with Crippen molar-refractivity contribution in [1.29, 1.82) is 5.26 Å². The number of hydrogen-bond acceptors (Lipinski definition) is 3. The maximum atomic E-state index is 8.69. The van der Waals surface area contributed by atoms with Crippen LogP contribution in [-0.2, 0) is 0 Å². The van der Waals surface area contributed by atoms with Crippen LogP contribution in [0.1, 0.15) is 31.0 Å². The molecule has 0 N–H and O–H groups in total. The summed E-state index contributed by atoms with van der Waals surface area (Å²) >= 11 is 0. The van der Waals surface area contributed by atoms with Gasteiger partial charge in [0.25, 0.3) is 0 Å². The van der Waals surface area contributed by atoms with Crippen LogP contribution in [0.4, 0.5) is 0 Å². The number of nitrogens with zero attached hydrogens (tertiary/aromatic N) is 2. The Morgan fingerprint density at radius 2 is 2.23 bits per heavy atom. The average molecular weight is 176 g/mol. The van der Waals surface area contributed by atoms with Gasteiger partial charge in [0.2, 0.25) is 0 Å². The molecule has 0 saturated carbocycles. The zero-order valence-corrected chi connectivity index (χ0v) is 8.03. The van der Waals surface area contributed by atoms with Crippen LogP contribution in [0.3, 0.4) is 0 Å². The molecule has 0 aliphatic heterocycles. The number of ether oxygens (including phenoxy) is 1. The van der Waals surface area contributed by atoms with Crippen LogP contribution in [0.25, 0.3) is 0 Å². The van der Waals surface area contributed by atoms with Gasteiger partial charge in [0, 0.05) is 6.20 Å². The summed E-state index contributed by atoms with van der Waals surface area (Å²) in [6, 6.07) is 3.83. The minimum atomic E-state index is 0.340. The third-order valence-electron chi connectivity index (χ3n) is 1.87. The Kier molecular flexibility index (Phi) is 2.86. The minimum absolute atomic E-state index is 0.340. The van der Waals surface area contributed by atoms with Gasteiger partial charge in [-0.2, -0.15) is 5.26 Å². The van der Waals surface area contributed by atoms with Gasteiger partial charge in [0.1, 0.15) is 6.07 Å². The van der Waals surface area contributed by atoms with Gasteiger partial charge in [-0.15, -0.1) is 0 Å². The van der Waals surface area contributed by atoms with Gasteiger partial charge >= 0.3 is 0 Å². The highest BCUT2D eigenvalue weighted by Crippen LogP contribution is 2.21. The summed E-state index contributed by atoms with van der Waals surface area (Å²) in [5.41, 5.74) is 1.42. The molecule has 1 heterocycles. The second-order valence-corrected chi connectivity index (χ2v) is 3.09. The van der Waals surface area contributed by atoms with E-state index in [1.807, 2.05) is 12.1 Å². The molecule has 0 atom stereocenters. The van der Waals surface area contributed by atoms with Crippen LogP contribution in [0.15, 0.2) is 12.3 Å². The third kappa shape index (κ3) is 1.97. The number of hydrogen-bond donors (Lipinski definition) is 0. The maximum Gasteiger partial charge on any atom is 0.182 e. The monoisotopic (exact) mass is 176 g/mol. The number of pyridine rings is 1. The molecular weight excluding hydrogens is 164 g/mol. The summed E-state index contributed by atoms with van der Waals surface area (Å²) < 4.78 is 5.04. The van der Waals surface area contributed by atoms with Crippen molar-refractivity contribution in [3.8, 4) is 11.8 Å². The first-order valence-electron chi connectivity index (χ1n) is 4.13. The summed E-state index contributed by atoms with van der Waals surface area (Å²) in [7, 11) is 1.54. The molecule has 0 fully saturated rings. The highest BCUT2D eigenvalue weighted by molar-refractivity contribution is 5.39. The van der Waals surface area contributed by atoms with E-state index in [4.69, 9.17) is 10.00 Å². The van der Waals surface area contributed by atoms with E-state index in [9.17, 15) is 0 Å². The molecule has 1 rings (SSSR count). The number of rotatable bonds is 2. The molecule has 68 valence electrons. The molecule has 0 aromatic carbocycles. The van der Waals surface area contributed by atoms with Gasteiger partial charge < -0.3 is 4.74 Å². The molecule has 0 radical (unpaired) electrons. The van der Waals surface area contributed by atoms with Crippen molar-refractivity contribution < 1.29 is 4.74 Å². The summed E-state index contributed by atoms with van der Waals surface area (Å²) in [5.74, 6) is 0.947. The predicted molar refractivity (Wildman–Crippen MR) is 49.6 cm³/mol. The standard InChI is InChI=1S/C10H12N2O/c1-7(2)8-4-10(13-3)9(5-11)12-6-8/h4,6-7H,1-3H3. The lowest BCUT2D eigenvalue weighted by molar-refractivity contribution is 0.410. The van der Waals surface area contributed by atoms with Crippen molar-refractivity contribution in [2.45, 2.75) is 19.8 Å². The average Bonchev–Trinajstić information content (AvgIpc) is 2.16. The summed E-state index contributed by atoms with van der Waals surface area (Å²) in [6.45, 7) is 4.14. The number of nitriles is 1. The molecule has 13 heavy (non-hydrogen) atoms. The van der Waals surface area contributed by atoms with E-state index in [0.717, 1.165) is 5.56 Å². The Morgan fingerprint density at radius 3 is 2.69 bits per heavy atom. The fourth-order valence-electron chi connectivity index (χ4n) is 1.02. The second-order valence-electron chi connectivity index (χ2n) is 3.09. The second kappa shape index (κ2) is 3.90. The highest BCUT2D eigenvalue weighted by Gasteiger charge is 2.06. The summed E-state index contributed by atoms with van der Waals surface area (Å²) in [6.07, 6.45) is 1.71. The van der Waals surface area contributed by atoms with E-state index in [2.05, 4.69) is 18.8 Å². The van der Waals surface area contributed by atoms with E-state index < -0.39 is 0 Å². The first kappa shape index (κ1) is 9.53. The minimum Gasteiger partial charge on any atom is -0.494 e. The molecule has 1 aromatic rings. The van der Waals surface area contributed by atoms with Crippen LogP contribution < -0.4 is 4.74 Å². The molecule has 0 amide bonds. The van der Waals surface area contributed by atoms with Crippen LogP contribution in [0.5, 0.6) is 5.75 Å². The van der Waals surface area contributed by atoms with E-state index in [-0.39, 0.29) is 0 Å². The quantitative estimate of drug-likeness (QED) is 0.693. The largest absolute Gasteiger partial charge is 0.494 e. The van der Waals surface area contributed by atoms with E-state index in [1.165, 1.54) is 0 Å². The molecule has 3 nitrogen and oxygen atoms in total. The van der Waals surface area contributed by atoms with Crippen LogP contribution in [-0.4, -0.2) is 12.1 Å². The fraction of sp³-hybridized carbons (Fsp3) is 0.400. The van der Waals surface area contributed by atoms with Gasteiger partial charge in [0.05, 0.1) is 7.11 Å². The molecular formula is C10H12N2O. The third-order valence-corrected chi connectivity index (χ3v) is 1.87. The predicted octanol–water partition coefficient (Wildman–Crippen LogP) is 2.09. The summed E-state index contributed by atoms with van der Waals surface area (Å²) in [5, 5.41) is 8.69. The van der Waals surface area contributed by atoms with Crippen molar-refractivity contribution in [2.75, 3.05) is 7.11 Å². The first-order chi connectivity index (χ1) is 6.19. The number of methoxy groups -OCH3 is 1. The van der Waals surface area contributed by atoms with Crippen molar-refractivity contribution in [3.05, 3.63) is 23.5 Å². The Labute approximate surface area is 78.0 Å². The van der Waals surface area contributed by atoms with Crippen LogP contribution in [0, 0.1) is 11.3 Å². The lowest BCUT2D eigenvalue weighted by atomic mass is 10.1. The molecule has 0 aliphatic carbocycles. The SMILES string of the molecule is COc1cc(C(C)C)cnc1C#N. The van der Waals surface area contributed by atoms with Crippen molar-refractivity contribution >= 4 is 0 Å². The van der Waals surface area contributed by atoms with Crippen molar-refractivity contribution in [1.82, 2.24) is 4.98 Å². The Bertz CT molecular complexity index is 339. The van der Waals surface area contributed by atoms with E-state index in [1.54, 1.807) is 13.3 Å².